The van der Waals surface area contributed by atoms with Crippen LogP contribution in [0, 0.1) is 11.8 Å². The van der Waals surface area contributed by atoms with Crippen LogP contribution in [-0.4, -0.2) is 55.5 Å². The normalized spacial score (nSPS) is 23.2. The summed E-state index contributed by atoms with van der Waals surface area (Å²) >= 11 is 0. The second-order valence-electron chi connectivity index (χ2n) is 8.93. The Morgan fingerprint density at radius 1 is 1.03 bits per heavy atom. The van der Waals surface area contributed by atoms with Gasteiger partial charge < -0.3 is 9.64 Å². The smallest absolute Gasteiger partial charge is 0.258 e. The van der Waals surface area contributed by atoms with Gasteiger partial charge in [0.1, 0.15) is 5.75 Å². The van der Waals surface area contributed by atoms with Crippen LogP contribution in [-0.2, 0) is 10.0 Å². The highest BCUT2D eigenvalue weighted by Gasteiger charge is 2.31. The summed E-state index contributed by atoms with van der Waals surface area (Å²) < 4.78 is 31.5. The molecule has 170 valence electrons. The molecule has 1 amide bonds. The zero-order chi connectivity index (χ0) is 21.8. The number of hydrogen-bond donors (Lipinski definition) is 0. The van der Waals surface area contributed by atoms with Gasteiger partial charge in [-0.15, -0.1) is 0 Å². The summed E-state index contributed by atoms with van der Waals surface area (Å²) in [4.78, 5) is 15.1. The van der Waals surface area contributed by atoms with Gasteiger partial charge in [-0.25, -0.2) is 12.7 Å². The van der Waals surface area contributed by atoms with E-state index in [4.69, 9.17) is 4.74 Å². The minimum atomic E-state index is -3.09. The number of rotatable bonds is 6. The van der Waals surface area contributed by atoms with E-state index in [1.54, 1.807) is 11.2 Å². The van der Waals surface area contributed by atoms with E-state index >= 15 is 0 Å². The summed E-state index contributed by atoms with van der Waals surface area (Å²) in [5.41, 5.74) is 1.94. The first-order chi connectivity index (χ1) is 15.0. The van der Waals surface area contributed by atoms with E-state index < -0.39 is 10.0 Å². The standard InChI is InChI=1S/C24H34N2O4S/c1-2-31(28,29)25-16-13-19(14-17-25)18-30-22-11-9-21(10-12-22)24(27)26-15-5-7-20-6-3-4-8-23(20)26/h8-12,19-20H,2-7,13-18H2,1H3. The van der Waals surface area contributed by atoms with Gasteiger partial charge in [-0.1, -0.05) is 6.08 Å². The van der Waals surface area contributed by atoms with Gasteiger partial charge in [0, 0.05) is 30.9 Å². The quantitative estimate of drug-likeness (QED) is 0.661. The number of carbonyl (C=O) groups is 1. The molecule has 1 atom stereocenters. The van der Waals surface area contributed by atoms with E-state index in [0.29, 0.717) is 37.1 Å². The van der Waals surface area contributed by atoms with Crippen molar-refractivity contribution < 1.29 is 17.9 Å². The molecule has 1 aliphatic carbocycles. The lowest BCUT2D eigenvalue weighted by Crippen LogP contribution is -2.40. The van der Waals surface area contributed by atoms with Gasteiger partial charge in [0.25, 0.3) is 5.91 Å². The molecule has 2 heterocycles. The lowest BCUT2D eigenvalue weighted by Gasteiger charge is -2.38. The Morgan fingerprint density at radius 3 is 2.45 bits per heavy atom. The van der Waals surface area contributed by atoms with E-state index in [-0.39, 0.29) is 11.7 Å². The molecular formula is C24H34N2O4S. The van der Waals surface area contributed by atoms with Crippen LogP contribution >= 0.6 is 0 Å². The van der Waals surface area contributed by atoms with Gasteiger partial charge in [-0.05, 0) is 88.0 Å². The number of piperidine rings is 2. The Morgan fingerprint density at radius 2 is 1.74 bits per heavy atom. The lowest BCUT2D eigenvalue weighted by atomic mass is 9.84. The molecule has 0 spiro atoms. The van der Waals surface area contributed by atoms with Crippen LogP contribution in [0.1, 0.15) is 62.2 Å². The molecule has 2 saturated heterocycles. The highest BCUT2D eigenvalue weighted by atomic mass is 32.2. The minimum absolute atomic E-state index is 0.0916. The number of hydrogen-bond acceptors (Lipinski definition) is 4. The van der Waals surface area contributed by atoms with Gasteiger partial charge in [0.15, 0.2) is 0 Å². The summed E-state index contributed by atoms with van der Waals surface area (Å²) in [6.45, 7) is 4.23. The molecule has 0 aromatic heterocycles. The van der Waals surface area contributed by atoms with E-state index in [0.717, 1.165) is 38.0 Å². The maximum absolute atomic E-state index is 13.1. The molecule has 4 rings (SSSR count). The Labute approximate surface area is 186 Å². The number of benzene rings is 1. The summed E-state index contributed by atoms with van der Waals surface area (Å²) in [5, 5.41) is 0. The first-order valence-electron chi connectivity index (χ1n) is 11.7. The number of ether oxygens (including phenoxy) is 1. The molecule has 31 heavy (non-hydrogen) atoms. The van der Waals surface area contributed by atoms with Crippen molar-refractivity contribution in [1.29, 1.82) is 0 Å². The topological polar surface area (TPSA) is 66.9 Å². The lowest BCUT2D eigenvalue weighted by molar-refractivity contribution is 0.0749. The van der Waals surface area contributed by atoms with Crippen LogP contribution in [0.25, 0.3) is 0 Å². The molecule has 1 unspecified atom stereocenters. The van der Waals surface area contributed by atoms with Crippen LogP contribution in [0.15, 0.2) is 36.0 Å². The largest absolute Gasteiger partial charge is 0.493 e. The highest BCUT2D eigenvalue weighted by molar-refractivity contribution is 7.89. The number of allylic oxidation sites excluding steroid dienone is 2. The number of carbonyl (C=O) groups excluding carboxylic acids is 1. The van der Waals surface area contributed by atoms with Crippen molar-refractivity contribution in [3.05, 3.63) is 41.6 Å². The molecule has 1 aromatic rings. The molecule has 2 fully saturated rings. The Bertz CT molecular complexity index is 902. The van der Waals surface area contributed by atoms with E-state index in [9.17, 15) is 13.2 Å². The Kier molecular flexibility index (Phi) is 7.02. The van der Waals surface area contributed by atoms with Crippen LogP contribution in [0.4, 0.5) is 0 Å². The van der Waals surface area contributed by atoms with Crippen molar-refractivity contribution in [2.24, 2.45) is 11.8 Å². The third-order valence-electron chi connectivity index (χ3n) is 6.94. The van der Waals surface area contributed by atoms with Gasteiger partial charge in [0.05, 0.1) is 12.4 Å². The van der Waals surface area contributed by atoms with Gasteiger partial charge in [0.2, 0.25) is 10.0 Å². The van der Waals surface area contributed by atoms with Crippen LogP contribution < -0.4 is 4.74 Å². The second-order valence-corrected chi connectivity index (χ2v) is 11.2. The predicted molar refractivity (Wildman–Crippen MR) is 121 cm³/mol. The van der Waals surface area contributed by atoms with E-state index in [1.165, 1.54) is 25.0 Å². The SMILES string of the molecule is CCS(=O)(=O)N1CCC(COc2ccc(C(=O)N3CCCC4CCCC=C43)cc2)CC1. The molecule has 3 aliphatic rings. The summed E-state index contributed by atoms with van der Waals surface area (Å²) in [6.07, 6.45) is 9.69. The second kappa shape index (κ2) is 9.74. The molecule has 0 saturated carbocycles. The molecule has 0 N–H and O–H groups in total. The monoisotopic (exact) mass is 446 g/mol. The van der Waals surface area contributed by atoms with Crippen molar-refractivity contribution in [2.75, 3.05) is 32.0 Å². The number of sulfonamides is 1. The van der Waals surface area contributed by atoms with Crippen LogP contribution in [0.3, 0.4) is 0 Å². The maximum atomic E-state index is 13.1. The zero-order valence-electron chi connectivity index (χ0n) is 18.5. The molecule has 7 heteroatoms. The van der Waals surface area contributed by atoms with Gasteiger partial charge >= 0.3 is 0 Å². The summed E-state index contributed by atoms with van der Waals surface area (Å²) in [5.74, 6) is 1.91. The molecule has 1 aromatic carbocycles. The maximum Gasteiger partial charge on any atom is 0.258 e. The third-order valence-corrected chi connectivity index (χ3v) is 8.82. The fourth-order valence-corrected chi connectivity index (χ4v) is 6.13. The minimum Gasteiger partial charge on any atom is -0.493 e. The summed E-state index contributed by atoms with van der Waals surface area (Å²) in [7, 11) is -3.09. The summed E-state index contributed by atoms with van der Waals surface area (Å²) in [6, 6.07) is 7.48. The fourth-order valence-electron chi connectivity index (χ4n) is 5.00. The number of nitrogens with zero attached hydrogens (tertiary/aromatic N) is 2. The zero-order valence-corrected chi connectivity index (χ0v) is 19.3. The first kappa shape index (κ1) is 22.3. The molecule has 0 radical (unpaired) electrons. The van der Waals surface area contributed by atoms with Crippen molar-refractivity contribution in [3.8, 4) is 5.75 Å². The van der Waals surface area contributed by atoms with Crippen molar-refractivity contribution >= 4 is 15.9 Å². The van der Waals surface area contributed by atoms with Gasteiger partial charge in [-0.2, -0.15) is 0 Å². The van der Waals surface area contributed by atoms with Gasteiger partial charge in [-0.3, -0.25) is 4.79 Å². The number of likely N-dealkylation sites (tertiary alicyclic amines) is 1. The van der Waals surface area contributed by atoms with Crippen LogP contribution in [0.2, 0.25) is 0 Å². The Hall–Kier alpha value is -1.86. The molecule has 6 nitrogen and oxygen atoms in total. The Balaban J connectivity index is 1.30. The van der Waals surface area contributed by atoms with Crippen LogP contribution in [0.5, 0.6) is 5.75 Å². The predicted octanol–water partition coefficient (Wildman–Crippen LogP) is 4.05. The highest BCUT2D eigenvalue weighted by Crippen LogP contribution is 2.35. The number of amides is 1. The molecule has 0 bridgehead atoms. The van der Waals surface area contributed by atoms with Crippen molar-refractivity contribution in [2.45, 2.75) is 51.9 Å². The number of fused-ring (bicyclic) bond motifs is 1. The fraction of sp³-hybridized carbons (Fsp3) is 0.625. The van der Waals surface area contributed by atoms with E-state index in [2.05, 4.69) is 6.08 Å². The molecular weight excluding hydrogens is 412 g/mol. The molecule has 2 aliphatic heterocycles. The van der Waals surface area contributed by atoms with Crippen molar-refractivity contribution in [1.82, 2.24) is 9.21 Å². The van der Waals surface area contributed by atoms with E-state index in [1.807, 2.05) is 29.2 Å². The average molecular weight is 447 g/mol. The van der Waals surface area contributed by atoms with Crippen molar-refractivity contribution in [3.63, 3.8) is 0 Å². The third kappa shape index (κ3) is 5.14. The average Bonchev–Trinajstić information content (AvgIpc) is 2.82. The first-order valence-corrected chi connectivity index (χ1v) is 13.3.